The number of sulfonamides is 1. The minimum absolute atomic E-state index is 0.0726. The highest BCUT2D eigenvalue weighted by atomic mass is 79.9. The average molecular weight is 387 g/mol. The molecule has 0 saturated heterocycles. The topological polar surface area (TPSA) is 46.2 Å². The van der Waals surface area contributed by atoms with Gasteiger partial charge in [-0.3, -0.25) is 0 Å². The van der Waals surface area contributed by atoms with Crippen molar-refractivity contribution in [2.24, 2.45) is 5.41 Å². The monoisotopic (exact) mass is 385 g/mol. The first-order chi connectivity index (χ1) is 8.88. The SMILES string of the molecule is Cc1cc(S(=O)(=O)NCC2(CBr)CCCC2)sc1Cl. The maximum Gasteiger partial charge on any atom is 0.250 e. The van der Waals surface area contributed by atoms with Crippen molar-refractivity contribution in [3.8, 4) is 0 Å². The minimum atomic E-state index is -3.43. The Kier molecular flexibility index (Phi) is 4.99. The third kappa shape index (κ3) is 3.53. The molecular formula is C12H17BrClNO2S2. The van der Waals surface area contributed by atoms with Gasteiger partial charge in [0.1, 0.15) is 4.21 Å². The van der Waals surface area contributed by atoms with Crippen LogP contribution in [0.1, 0.15) is 31.2 Å². The quantitative estimate of drug-likeness (QED) is 0.779. The summed E-state index contributed by atoms with van der Waals surface area (Å²) in [6.45, 7) is 2.31. The van der Waals surface area contributed by atoms with E-state index in [0.29, 0.717) is 15.1 Å². The number of thiophene rings is 1. The number of hydrogen-bond donors (Lipinski definition) is 1. The Morgan fingerprint density at radius 3 is 2.58 bits per heavy atom. The largest absolute Gasteiger partial charge is 0.250 e. The summed E-state index contributed by atoms with van der Waals surface area (Å²) in [6.07, 6.45) is 4.50. The van der Waals surface area contributed by atoms with Gasteiger partial charge in [-0.05, 0) is 36.8 Å². The van der Waals surface area contributed by atoms with Gasteiger partial charge in [-0.2, -0.15) is 0 Å². The second-order valence-electron chi connectivity index (χ2n) is 5.19. The number of rotatable bonds is 5. The van der Waals surface area contributed by atoms with Gasteiger partial charge in [0, 0.05) is 11.9 Å². The van der Waals surface area contributed by atoms with E-state index in [1.807, 2.05) is 6.92 Å². The molecule has 1 aromatic heterocycles. The van der Waals surface area contributed by atoms with Crippen LogP contribution in [-0.4, -0.2) is 20.3 Å². The summed E-state index contributed by atoms with van der Waals surface area (Å²) in [5.41, 5.74) is 0.881. The molecule has 0 atom stereocenters. The van der Waals surface area contributed by atoms with Crippen LogP contribution in [0.4, 0.5) is 0 Å². The van der Waals surface area contributed by atoms with E-state index in [9.17, 15) is 8.42 Å². The van der Waals surface area contributed by atoms with Crippen LogP contribution >= 0.6 is 38.9 Å². The van der Waals surface area contributed by atoms with E-state index in [-0.39, 0.29) is 5.41 Å². The van der Waals surface area contributed by atoms with Crippen molar-refractivity contribution in [1.29, 1.82) is 0 Å². The number of aryl methyl sites for hydroxylation is 1. The van der Waals surface area contributed by atoms with Crippen LogP contribution in [0, 0.1) is 12.3 Å². The van der Waals surface area contributed by atoms with Crippen molar-refractivity contribution in [2.75, 3.05) is 11.9 Å². The Hall–Kier alpha value is 0.380. The molecule has 19 heavy (non-hydrogen) atoms. The molecule has 2 rings (SSSR count). The zero-order valence-electron chi connectivity index (χ0n) is 10.7. The van der Waals surface area contributed by atoms with Crippen molar-refractivity contribution in [3.63, 3.8) is 0 Å². The predicted molar refractivity (Wildman–Crippen MR) is 83.9 cm³/mol. The lowest BCUT2D eigenvalue weighted by atomic mass is 9.89. The standard InChI is InChI=1S/C12H17BrClNO2S2/c1-9-6-10(18-11(9)14)19(16,17)15-8-12(7-13)4-2-3-5-12/h6,15H,2-5,7-8H2,1H3. The average Bonchev–Trinajstić information content (AvgIpc) is 2.96. The number of alkyl halides is 1. The minimum Gasteiger partial charge on any atom is -0.210 e. The number of nitrogens with one attached hydrogen (secondary N) is 1. The summed E-state index contributed by atoms with van der Waals surface area (Å²) in [7, 11) is -3.43. The van der Waals surface area contributed by atoms with Gasteiger partial charge in [-0.1, -0.05) is 40.4 Å². The molecule has 1 aliphatic carbocycles. The van der Waals surface area contributed by atoms with E-state index >= 15 is 0 Å². The predicted octanol–water partition coefficient (Wildman–Crippen LogP) is 3.94. The summed E-state index contributed by atoms with van der Waals surface area (Å²) in [5.74, 6) is 0. The molecule has 108 valence electrons. The molecule has 0 unspecified atom stereocenters. The molecule has 1 fully saturated rings. The summed E-state index contributed by atoms with van der Waals surface area (Å²) < 4.78 is 28.1. The van der Waals surface area contributed by atoms with Gasteiger partial charge >= 0.3 is 0 Å². The third-order valence-electron chi connectivity index (χ3n) is 3.68. The fourth-order valence-electron chi connectivity index (χ4n) is 2.37. The van der Waals surface area contributed by atoms with E-state index in [1.165, 1.54) is 12.8 Å². The van der Waals surface area contributed by atoms with Crippen LogP contribution in [0.2, 0.25) is 4.34 Å². The summed E-state index contributed by atoms with van der Waals surface area (Å²) in [5, 5.41) is 0.840. The van der Waals surface area contributed by atoms with Gasteiger partial charge in [0.15, 0.2) is 0 Å². The maximum absolute atomic E-state index is 12.2. The summed E-state index contributed by atoms with van der Waals surface area (Å²) in [6, 6.07) is 1.63. The molecule has 0 radical (unpaired) electrons. The van der Waals surface area contributed by atoms with Crippen molar-refractivity contribution in [3.05, 3.63) is 16.0 Å². The van der Waals surface area contributed by atoms with Crippen molar-refractivity contribution in [2.45, 2.75) is 36.8 Å². The molecule has 1 heterocycles. The van der Waals surface area contributed by atoms with E-state index in [4.69, 9.17) is 11.6 Å². The molecule has 1 N–H and O–H groups in total. The van der Waals surface area contributed by atoms with Gasteiger partial charge in [-0.25, -0.2) is 13.1 Å². The molecule has 1 aliphatic rings. The van der Waals surface area contributed by atoms with Crippen LogP contribution in [0.25, 0.3) is 0 Å². The highest BCUT2D eigenvalue weighted by molar-refractivity contribution is 9.09. The first-order valence-electron chi connectivity index (χ1n) is 6.20. The van der Waals surface area contributed by atoms with E-state index in [0.717, 1.165) is 35.1 Å². The van der Waals surface area contributed by atoms with Gasteiger partial charge in [0.05, 0.1) is 4.34 Å². The molecule has 0 spiro atoms. The van der Waals surface area contributed by atoms with Gasteiger partial charge < -0.3 is 0 Å². The van der Waals surface area contributed by atoms with Crippen LogP contribution < -0.4 is 4.72 Å². The normalized spacial score (nSPS) is 18.9. The lowest BCUT2D eigenvalue weighted by Gasteiger charge is -2.26. The van der Waals surface area contributed by atoms with Crippen molar-refractivity contribution < 1.29 is 8.42 Å². The first-order valence-corrected chi connectivity index (χ1v) is 10.0. The van der Waals surface area contributed by atoms with E-state index in [2.05, 4.69) is 20.7 Å². The summed E-state index contributed by atoms with van der Waals surface area (Å²) >= 11 is 10.6. The molecule has 3 nitrogen and oxygen atoms in total. The second kappa shape index (κ2) is 6.02. The molecule has 0 amide bonds. The van der Waals surface area contributed by atoms with Crippen LogP contribution in [-0.2, 0) is 10.0 Å². The molecule has 0 aliphatic heterocycles. The highest BCUT2D eigenvalue weighted by Gasteiger charge is 2.34. The molecule has 1 aromatic rings. The molecule has 7 heteroatoms. The molecular weight excluding hydrogens is 370 g/mol. The maximum atomic E-state index is 12.2. The van der Waals surface area contributed by atoms with Crippen LogP contribution in [0.3, 0.4) is 0 Å². The van der Waals surface area contributed by atoms with Crippen LogP contribution in [0.15, 0.2) is 10.3 Å². The Morgan fingerprint density at radius 2 is 2.11 bits per heavy atom. The van der Waals surface area contributed by atoms with E-state index in [1.54, 1.807) is 6.07 Å². The zero-order chi connectivity index (χ0) is 14.1. The Bertz CT molecular complexity index is 531. The Labute approximate surface area is 131 Å². The van der Waals surface area contributed by atoms with Crippen molar-refractivity contribution >= 4 is 48.9 Å². The van der Waals surface area contributed by atoms with Crippen molar-refractivity contribution in [1.82, 2.24) is 4.72 Å². The van der Waals surface area contributed by atoms with Gasteiger partial charge in [0.25, 0.3) is 0 Å². The third-order valence-corrected chi connectivity index (χ3v) is 8.30. The second-order valence-corrected chi connectivity index (χ2v) is 9.40. The van der Waals surface area contributed by atoms with Crippen LogP contribution in [0.5, 0.6) is 0 Å². The lowest BCUT2D eigenvalue weighted by molar-refractivity contribution is 0.348. The number of halogens is 2. The lowest BCUT2D eigenvalue weighted by Crippen LogP contribution is -2.36. The molecule has 0 bridgehead atoms. The molecule has 0 aromatic carbocycles. The van der Waals surface area contributed by atoms with Gasteiger partial charge in [0.2, 0.25) is 10.0 Å². The highest BCUT2D eigenvalue weighted by Crippen LogP contribution is 2.39. The van der Waals surface area contributed by atoms with E-state index < -0.39 is 10.0 Å². The smallest absolute Gasteiger partial charge is 0.210 e. The molecule has 1 saturated carbocycles. The fourth-order valence-corrected chi connectivity index (χ4v) is 6.03. The summed E-state index contributed by atoms with van der Waals surface area (Å²) in [4.78, 5) is 0. The van der Waals surface area contributed by atoms with Gasteiger partial charge in [-0.15, -0.1) is 11.3 Å². The fraction of sp³-hybridized carbons (Fsp3) is 0.667. The first kappa shape index (κ1) is 15.8. The zero-order valence-corrected chi connectivity index (χ0v) is 14.7. The number of hydrogen-bond acceptors (Lipinski definition) is 3. The Morgan fingerprint density at radius 1 is 1.47 bits per heavy atom. The Balaban J connectivity index is 2.09.